The summed E-state index contributed by atoms with van der Waals surface area (Å²) in [6.45, 7) is 0.520. The van der Waals surface area contributed by atoms with Crippen LogP contribution in [0.5, 0.6) is 5.75 Å². The van der Waals surface area contributed by atoms with Gasteiger partial charge in [0.15, 0.2) is 0 Å². The fourth-order valence-electron chi connectivity index (χ4n) is 2.44. The first-order valence-electron chi connectivity index (χ1n) is 6.41. The van der Waals surface area contributed by atoms with E-state index in [0.717, 1.165) is 5.75 Å². The molecule has 0 amide bonds. The molecule has 1 aliphatic rings. The minimum atomic E-state index is -0.577. The molecule has 1 unspecified atom stereocenters. The molecule has 1 aromatic carbocycles. The lowest BCUT2D eigenvalue weighted by Crippen LogP contribution is -2.26. The van der Waals surface area contributed by atoms with Gasteiger partial charge in [-0.05, 0) is 30.4 Å². The Labute approximate surface area is 103 Å². The van der Waals surface area contributed by atoms with Crippen LogP contribution in [0.3, 0.4) is 0 Å². The molecule has 0 heterocycles. The molecule has 1 aliphatic carbocycles. The molecule has 0 aromatic heterocycles. The second-order valence-corrected chi connectivity index (χ2v) is 4.72. The van der Waals surface area contributed by atoms with Crippen LogP contribution in [0.2, 0.25) is 0 Å². The third-order valence-corrected chi connectivity index (χ3v) is 3.42. The van der Waals surface area contributed by atoms with Gasteiger partial charge in [0.25, 0.3) is 0 Å². The Morgan fingerprint density at radius 3 is 2.71 bits per heavy atom. The Bertz CT molecular complexity index is 348. The van der Waals surface area contributed by atoms with Crippen molar-refractivity contribution in [2.24, 2.45) is 5.73 Å². The summed E-state index contributed by atoms with van der Waals surface area (Å²) in [5, 5.41) is 9.43. The van der Waals surface area contributed by atoms with Gasteiger partial charge in [-0.1, -0.05) is 31.0 Å². The summed E-state index contributed by atoms with van der Waals surface area (Å²) in [6, 6.07) is 8.15. The Morgan fingerprint density at radius 2 is 2.00 bits per heavy atom. The standard InChI is InChI=1S/C14H21NO2/c15-9-12(16)10-17-14-8-4-3-7-13(14)11-5-1-2-6-11/h3-4,7-8,11-12,16H,1-2,5-6,9-10,15H2. The van der Waals surface area contributed by atoms with Crippen LogP contribution in [-0.2, 0) is 0 Å². The van der Waals surface area contributed by atoms with Crippen LogP contribution in [0.25, 0.3) is 0 Å². The molecule has 17 heavy (non-hydrogen) atoms. The first-order chi connectivity index (χ1) is 8.31. The number of ether oxygens (including phenoxy) is 1. The molecule has 1 aromatic rings. The van der Waals surface area contributed by atoms with Gasteiger partial charge in [0.05, 0.1) is 0 Å². The maximum absolute atomic E-state index is 9.43. The minimum absolute atomic E-state index is 0.242. The van der Waals surface area contributed by atoms with Crippen LogP contribution in [0.4, 0.5) is 0 Å². The number of nitrogens with two attached hydrogens (primary N) is 1. The summed E-state index contributed by atoms with van der Waals surface area (Å²) in [7, 11) is 0. The van der Waals surface area contributed by atoms with Gasteiger partial charge in [-0.15, -0.1) is 0 Å². The van der Waals surface area contributed by atoms with Gasteiger partial charge in [-0.2, -0.15) is 0 Å². The molecule has 1 fully saturated rings. The van der Waals surface area contributed by atoms with Crippen LogP contribution in [0.1, 0.15) is 37.2 Å². The quantitative estimate of drug-likeness (QED) is 0.821. The third-order valence-electron chi connectivity index (χ3n) is 3.42. The lowest BCUT2D eigenvalue weighted by Gasteiger charge is -2.17. The van der Waals surface area contributed by atoms with Crippen LogP contribution < -0.4 is 10.5 Å². The van der Waals surface area contributed by atoms with Crippen molar-refractivity contribution in [3.63, 3.8) is 0 Å². The van der Waals surface area contributed by atoms with Crippen molar-refractivity contribution in [2.45, 2.75) is 37.7 Å². The van der Waals surface area contributed by atoms with Gasteiger partial charge in [0.2, 0.25) is 0 Å². The monoisotopic (exact) mass is 235 g/mol. The lowest BCUT2D eigenvalue weighted by molar-refractivity contribution is 0.113. The van der Waals surface area contributed by atoms with E-state index in [1.165, 1.54) is 31.2 Å². The highest BCUT2D eigenvalue weighted by Crippen LogP contribution is 2.38. The van der Waals surface area contributed by atoms with Gasteiger partial charge in [0, 0.05) is 6.54 Å². The summed E-state index contributed by atoms with van der Waals surface area (Å²) in [6.07, 6.45) is 4.54. The van der Waals surface area contributed by atoms with E-state index in [1.807, 2.05) is 12.1 Å². The van der Waals surface area contributed by atoms with Gasteiger partial charge in [-0.25, -0.2) is 0 Å². The highest BCUT2D eigenvalue weighted by molar-refractivity contribution is 5.36. The van der Waals surface area contributed by atoms with E-state index in [-0.39, 0.29) is 13.2 Å². The largest absolute Gasteiger partial charge is 0.491 e. The molecule has 0 aliphatic heterocycles. The first kappa shape index (κ1) is 12.4. The lowest BCUT2D eigenvalue weighted by atomic mass is 9.97. The molecule has 0 radical (unpaired) electrons. The highest BCUT2D eigenvalue weighted by Gasteiger charge is 2.20. The van der Waals surface area contributed by atoms with Crippen molar-refractivity contribution in [1.82, 2.24) is 0 Å². The summed E-state index contributed by atoms with van der Waals surface area (Å²) < 4.78 is 5.67. The molecule has 0 saturated heterocycles. The second kappa shape index (κ2) is 6.03. The zero-order valence-corrected chi connectivity index (χ0v) is 10.1. The summed E-state index contributed by atoms with van der Waals surface area (Å²) in [5.74, 6) is 1.54. The molecule has 3 nitrogen and oxygen atoms in total. The maximum atomic E-state index is 9.43. The maximum Gasteiger partial charge on any atom is 0.122 e. The number of benzene rings is 1. The van der Waals surface area contributed by atoms with Crippen molar-refractivity contribution in [2.75, 3.05) is 13.2 Å². The van der Waals surface area contributed by atoms with Crippen LogP contribution in [-0.4, -0.2) is 24.4 Å². The van der Waals surface area contributed by atoms with E-state index >= 15 is 0 Å². The molecule has 94 valence electrons. The molecular formula is C14H21NO2. The van der Waals surface area contributed by atoms with E-state index in [4.69, 9.17) is 10.5 Å². The van der Waals surface area contributed by atoms with Crippen molar-refractivity contribution < 1.29 is 9.84 Å². The van der Waals surface area contributed by atoms with Crippen LogP contribution >= 0.6 is 0 Å². The number of aliphatic hydroxyl groups is 1. The molecule has 3 N–H and O–H groups in total. The van der Waals surface area contributed by atoms with Crippen LogP contribution in [0, 0.1) is 0 Å². The Kier molecular flexibility index (Phi) is 4.40. The molecule has 0 bridgehead atoms. The first-order valence-corrected chi connectivity index (χ1v) is 6.41. The normalized spacial score (nSPS) is 18.2. The van der Waals surface area contributed by atoms with Gasteiger partial charge in [0.1, 0.15) is 18.5 Å². The number of rotatable bonds is 5. The molecule has 1 atom stereocenters. The van der Waals surface area contributed by atoms with E-state index < -0.39 is 6.10 Å². The average Bonchev–Trinajstić information content (AvgIpc) is 2.90. The van der Waals surface area contributed by atoms with E-state index in [9.17, 15) is 5.11 Å². The van der Waals surface area contributed by atoms with Gasteiger partial charge < -0.3 is 15.6 Å². The van der Waals surface area contributed by atoms with Gasteiger partial charge in [-0.3, -0.25) is 0 Å². The molecule has 1 saturated carbocycles. The van der Waals surface area contributed by atoms with Crippen LogP contribution in [0.15, 0.2) is 24.3 Å². The fourth-order valence-corrected chi connectivity index (χ4v) is 2.44. The van der Waals surface area contributed by atoms with Crippen molar-refractivity contribution in [3.8, 4) is 5.75 Å². The van der Waals surface area contributed by atoms with E-state index in [1.54, 1.807) is 0 Å². The predicted molar refractivity (Wildman–Crippen MR) is 68.2 cm³/mol. The number of aliphatic hydroxyl groups excluding tert-OH is 1. The zero-order valence-electron chi connectivity index (χ0n) is 10.1. The minimum Gasteiger partial charge on any atom is -0.491 e. The van der Waals surface area contributed by atoms with Crippen molar-refractivity contribution in [1.29, 1.82) is 0 Å². The molecule has 2 rings (SSSR count). The Morgan fingerprint density at radius 1 is 1.29 bits per heavy atom. The van der Waals surface area contributed by atoms with E-state index in [2.05, 4.69) is 12.1 Å². The Balaban J connectivity index is 2.04. The predicted octanol–water partition coefficient (Wildman–Crippen LogP) is 2.04. The second-order valence-electron chi connectivity index (χ2n) is 4.72. The summed E-state index contributed by atoms with van der Waals surface area (Å²) in [5.41, 5.74) is 6.65. The topological polar surface area (TPSA) is 55.5 Å². The highest BCUT2D eigenvalue weighted by atomic mass is 16.5. The molecule has 0 spiro atoms. The van der Waals surface area contributed by atoms with Gasteiger partial charge >= 0.3 is 0 Å². The SMILES string of the molecule is NCC(O)COc1ccccc1C1CCCC1. The third kappa shape index (κ3) is 3.20. The van der Waals surface area contributed by atoms with E-state index in [0.29, 0.717) is 5.92 Å². The number of hydrogen-bond acceptors (Lipinski definition) is 3. The van der Waals surface area contributed by atoms with Crippen molar-refractivity contribution >= 4 is 0 Å². The number of para-hydroxylation sites is 1. The molecular weight excluding hydrogens is 214 g/mol. The summed E-state index contributed by atoms with van der Waals surface area (Å²) in [4.78, 5) is 0. The molecule has 3 heteroatoms. The van der Waals surface area contributed by atoms with Crippen molar-refractivity contribution in [3.05, 3.63) is 29.8 Å². The number of hydrogen-bond donors (Lipinski definition) is 2. The fraction of sp³-hybridized carbons (Fsp3) is 0.571. The zero-order chi connectivity index (χ0) is 12.1. The summed E-state index contributed by atoms with van der Waals surface area (Å²) >= 11 is 0. The smallest absolute Gasteiger partial charge is 0.122 e. The average molecular weight is 235 g/mol. The Hall–Kier alpha value is -1.06.